The Hall–Kier alpha value is -1.77. The number of para-hydroxylation sites is 1. The molecule has 0 saturated carbocycles. The van der Waals surface area contributed by atoms with Gasteiger partial charge >= 0.3 is 0 Å². The van der Waals surface area contributed by atoms with E-state index in [9.17, 15) is 4.79 Å². The van der Waals surface area contributed by atoms with Crippen LogP contribution in [0.4, 0.5) is 5.69 Å². The van der Waals surface area contributed by atoms with Crippen LogP contribution >= 0.6 is 0 Å². The third kappa shape index (κ3) is 1.86. The Kier molecular flexibility index (Phi) is 2.72. The summed E-state index contributed by atoms with van der Waals surface area (Å²) in [6, 6.07) is 5.61. The van der Waals surface area contributed by atoms with Gasteiger partial charge in [-0.15, -0.1) is 0 Å². The van der Waals surface area contributed by atoms with Gasteiger partial charge in [0.1, 0.15) is 24.7 Å². The predicted molar refractivity (Wildman–Crippen MR) is 60.1 cm³/mol. The second kappa shape index (κ2) is 4.17. The summed E-state index contributed by atoms with van der Waals surface area (Å²) < 4.78 is 5.57. The first-order chi connectivity index (χ1) is 7.35. The van der Waals surface area contributed by atoms with Crippen LogP contribution in [-0.4, -0.2) is 18.9 Å². The Bertz CT molecular complexity index is 399. The number of carbonyl (C=O) groups is 1. The lowest BCUT2D eigenvalue weighted by atomic mass is 10.1. The summed E-state index contributed by atoms with van der Waals surface area (Å²) in [6.45, 7) is 2.36. The Morgan fingerprint density at radius 3 is 3.13 bits per heavy atom. The number of aldehydes is 1. The summed E-state index contributed by atoms with van der Waals surface area (Å²) in [5, 5.41) is 3.12. The van der Waals surface area contributed by atoms with Crippen molar-refractivity contribution in [2.75, 3.05) is 11.9 Å². The molecule has 0 bridgehead atoms. The molecule has 78 valence electrons. The highest BCUT2D eigenvalue weighted by atomic mass is 16.5. The second-order valence-corrected chi connectivity index (χ2v) is 3.42. The van der Waals surface area contributed by atoms with E-state index in [2.05, 4.69) is 5.32 Å². The molecular weight excluding hydrogens is 190 g/mol. The molecule has 2 rings (SSSR count). The fourth-order valence-corrected chi connectivity index (χ4v) is 1.63. The minimum atomic E-state index is -0.238. The Balaban J connectivity index is 2.37. The quantitative estimate of drug-likeness (QED) is 0.748. The van der Waals surface area contributed by atoms with Crippen molar-refractivity contribution >= 4 is 18.0 Å². The summed E-state index contributed by atoms with van der Waals surface area (Å²) in [5.74, 6) is 0.828. The maximum atomic E-state index is 10.6. The Labute approximate surface area is 88.8 Å². The van der Waals surface area contributed by atoms with Crippen LogP contribution in [0.5, 0.6) is 5.75 Å². The van der Waals surface area contributed by atoms with Crippen LogP contribution in [0.2, 0.25) is 0 Å². The van der Waals surface area contributed by atoms with E-state index in [1.54, 1.807) is 0 Å². The normalized spacial score (nSPS) is 19.1. The fraction of sp³-hybridized carbons (Fsp3) is 0.250. The Morgan fingerprint density at radius 1 is 1.53 bits per heavy atom. The number of benzene rings is 1. The average Bonchev–Trinajstić information content (AvgIpc) is 2.29. The van der Waals surface area contributed by atoms with Crippen molar-refractivity contribution < 1.29 is 9.53 Å². The van der Waals surface area contributed by atoms with Gasteiger partial charge in [0.15, 0.2) is 0 Å². The standard InChI is InChI=1S/C12H13NO2/c1-2-4-9-5-3-6-11-12(9)15-8-10(7-14)13-11/h2-7,10,13H,8H2,1H3. The van der Waals surface area contributed by atoms with Crippen molar-refractivity contribution in [1.82, 2.24) is 0 Å². The van der Waals surface area contributed by atoms with Crippen LogP contribution in [0.15, 0.2) is 24.3 Å². The van der Waals surface area contributed by atoms with Gasteiger partial charge in [-0.05, 0) is 13.0 Å². The number of hydrogen-bond acceptors (Lipinski definition) is 3. The number of nitrogens with one attached hydrogen (secondary N) is 1. The van der Waals surface area contributed by atoms with E-state index in [4.69, 9.17) is 4.74 Å². The molecule has 3 heteroatoms. The lowest BCUT2D eigenvalue weighted by molar-refractivity contribution is -0.109. The predicted octanol–water partition coefficient (Wildman–Crippen LogP) is 2.09. The Morgan fingerprint density at radius 2 is 2.40 bits per heavy atom. The average molecular weight is 203 g/mol. The summed E-state index contributed by atoms with van der Waals surface area (Å²) in [6.07, 6.45) is 4.82. The van der Waals surface area contributed by atoms with Crippen molar-refractivity contribution in [3.05, 3.63) is 29.8 Å². The molecule has 0 aromatic heterocycles. The largest absolute Gasteiger partial charge is 0.488 e. The van der Waals surface area contributed by atoms with Gasteiger partial charge in [0.05, 0.1) is 5.69 Å². The highest BCUT2D eigenvalue weighted by molar-refractivity contribution is 5.74. The monoisotopic (exact) mass is 203 g/mol. The number of anilines is 1. The first-order valence-electron chi connectivity index (χ1n) is 4.95. The SMILES string of the molecule is CC=Cc1cccc2c1OCC(C=O)N2. The first kappa shape index (κ1) is 9.77. The van der Waals surface area contributed by atoms with Gasteiger partial charge in [0, 0.05) is 5.56 Å². The van der Waals surface area contributed by atoms with E-state index in [-0.39, 0.29) is 6.04 Å². The van der Waals surface area contributed by atoms with Gasteiger partial charge in [-0.1, -0.05) is 24.3 Å². The molecule has 1 aliphatic heterocycles. The van der Waals surface area contributed by atoms with Crippen LogP contribution in [0.1, 0.15) is 12.5 Å². The minimum Gasteiger partial charge on any atom is -0.488 e. The molecule has 1 aliphatic rings. The van der Waals surface area contributed by atoms with Gasteiger partial charge in [-0.2, -0.15) is 0 Å². The van der Waals surface area contributed by atoms with Gasteiger partial charge < -0.3 is 14.8 Å². The zero-order valence-corrected chi connectivity index (χ0v) is 8.57. The molecule has 1 unspecified atom stereocenters. The molecule has 1 heterocycles. The molecule has 1 aromatic rings. The van der Waals surface area contributed by atoms with Crippen LogP contribution < -0.4 is 10.1 Å². The molecule has 0 radical (unpaired) electrons. The molecular formula is C12H13NO2. The number of carbonyl (C=O) groups excluding carboxylic acids is 1. The van der Waals surface area contributed by atoms with Crippen molar-refractivity contribution in [2.45, 2.75) is 13.0 Å². The van der Waals surface area contributed by atoms with Gasteiger partial charge in [0.25, 0.3) is 0 Å². The molecule has 1 atom stereocenters. The molecule has 0 fully saturated rings. The van der Waals surface area contributed by atoms with Crippen molar-refractivity contribution in [3.63, 3.8) is 0 Å². The minimum absolute atomic E-state index is 0.238. The van der Waals surface area contributed by atoms with Crippen LogP contribution in [0, 0.1) is 0 Å². The van der Waals surface area contributed by atoms with Crippen molar-refractivity contribution in [1.29, 1.82) is 0 Å². The first-order valence-corrected chi connectivity index (χ1v) is 4.95. The molecule has 0 spiro atoms. The lowest BCUT2D eigenvalue weighted by Crippen LogP contribution is -2.32. The van der Waals surface area contributed by atoms with Crippen molar-refractivity contribution in [3.8, 4) is 5.75 Å². The molecule has 0 amide bonds. The number of allylic oxidation sites excluding steroid dienone is 1. The van der Waals surface area contributed by atoms with Crippen LogP contribution in [-0.2, 0) is 4.79 Å². The van der Waals surface area contributed by atoms with E-state index >= 15 is 0 Å². The molecule has 0 saturated heterocycles. The van der Waals surface area contributed by atoms with Gasteiger partial charge in [-0.3, -0.25) is 0 Å². The lowest BCUT2D eigenvalue weighted by Gasteiger charge is -2.25. The maximum Gasteiger partial charge on any atom is 0.149 e. The maximum absolute atomic E-state index is 10.6. The summed E-state index contributed by atoms with van der Waals surface area (Å²) >= 11 is 0. The third-order valence-electron chi connectivity index (χ3n) is 2.30. The third-order valence-corrected chi connectivity index (χ3v) is 2.30. The number of fused-ring (bicyclic) bond motifs is 1. The van der Waals surface area contributed by atoms with E-state index in [1.165, 1.54) is 0 Å². The van der Waals surface area contributed by atoms with E-state index < -0.39 is 0 Å². The van der Waals surface area contributed by atoms with Gasteiger partial charge in [-0.25, -0.2) is 0 Å². The number of rotatable bonds is 2. The van der Waals surface area contributed by atoms with Crippen LogP contribution in [0.25, 0.3) is 6.08 Å². The van der Waals surface area contributed by atoms with E-state index in [0.717, 1.165) is 23.3 Å². The molecule has 1 N–H and O–H groups in total. The van der Waals surface area contributed by atoms with Gasteiger partial charge in [0.2, 0.25) is 0 Å². The summed E-state index contributed by atoms with van der Waals surface area (Å²) in [5.41, 5.74) is 1.92. The number of hydrogen-bond donors (Lipinski definition) is 1. The zero-order chi connectivity index (χ0) is 10.7. The van der Waals surface area contributed by atoms with Crippen LogP contribution in [0.3, 0.4) is 0 Å². The highest BCUT2D eigenvalue weighted by Crippen LogP contribution is 2.33. The summed E-state index contributed by atoms with van der Waals surface area (Å²) in [7, 11) is 0. The topological polar surface area (TPSA) is 38.3 Å². The van der Waals surface area contributed by atoms with E-state index in [1.807, 2.05) is 37.3 Å². The summed E-state index contributed by atoms with van der Waals surface area (Å²) in [4.78, 5) is 10.6. The van der Waals surface area contributed by atoms with E-state index in [0.29, 0.717) is 6.61 Å². The molecule has 15 heavy (non-hydrogen) atoms. The smallest absolute Gasteiger partial charge is 0.149 e. The fourth-order valence-electron chi connectivity index (χ4n) is 1.63. The molecule has 3 nitrogen and oxygen atoms in total. The number of ether oxygens (including phenoxy) is 1. The highest BCUT2D eigenvalue weighted by Gasteiger charge is 2.19. The second-order valence-electron chi connectivity index (χ2n) is 3.42. The van der Waals surface area contributed by atoms with Crippen molar-refractivity contribution in [2.24, 2.45) is 0 Å². The molecule has 1 aromatic carbocycles. The molecule has 0 aliphatic carbocycles. The zero-order valence-electron chi connectivity index (χ0n) is 8.57.